The third-order valence-electron chi connectivity index (χ3n) is 2.40. The predicted octanol–water partition coefficient (Wildman–Crippen LogP) is 3.71. The van der Waals surface area contributed by atoms with Crippen molar-refractivity contribution in [2.24, 2.45) is 0 Å². The van der Waals surface area contributed by atoms with Crippen molar-refractivity contribution >= 4 is 0 Å². The van der Waals surface area contributed by atoms with E-state index in [0.29, 0.717) is 6.10 Å². The Morgan fingerprint density at radius 1 is 1.19 bits per heavy atom. The first-order valence-corrected chi connectivity index (χ1v) is 5.90. The van der Waals surface area contributed by atoms with Gasteiger partial charge < -0.3 is 9.47 Å². The third kappa shape index (κ3) is 3.16. The Morgan fingerprint density at radius 3 is 2.44 bits per heavy atom. The molecule has 1 aromatic carbocycles. The van der Waals surface area contributed by atoms with Gasteiger partial charge in [0.05, 0.1) is 6.10 Å². The molecule has 1 aromatic rings. The van der Waals surface area contributed by atoms with Crippen LogP contribution in [0.3, 0.4) is 0 Å². The van der Waals surface area contributed by atoms with E-state index in [2.05, 4.69) is 13.0 Å². The Balaban J connectivity index is 2.14. The minimum atomic E-state index is -0.161. The molecule has 88 valence electrons. The van der Waals surface area contributed by atoms with Crippen LogP contribution in [-0.4, -0.2) is 11.7 Å². The van der Waals surface area contributed by atoms with Crippen LogP contribution in [0.5, 0.6) is 11.5 Å². The highest BCUT2D eigenvalue weighted by atomic mass is 16.5. The van der Waals surface area contributed by atoms with E-state index < -0.39 is 0 Å². The number of rotatable bonds is 3. The smallest absolute Gasteiger partial charge is 0.126 e. The van der Waals surface area contributed by atoms with Gasteiger partial charge >= 0.3 is 0 Å². The summed E-state index contributed by atoms with van der Waals surface area (Å²) in [6.45, 7) is 8.22. The zero-order chi connectivity index (χ0) is 11.8. The summed E-state index contributed by atoms with van der Waals surface area (Å²) in [6, 6.07) is 6.05. The largest absolute Gasteiger partial charge is 0.490 e. The second-order valence-electron chi connectivity index (χ2n) is 5.46. The Morgan fingerprint density at radius 2 is 1.88 bits per heavy atom. The summed E-state index contributed by atoms with van der Waals surface area (Å²) in [6.07, 6.45) is 2.80. The van der Waals surface area contributed by atoms with Gasteiger partial charge in [-0.25, -0.2) is 0 Å². The van der Waals surface area contributed by atoms with Crippen LogP contribution in [-0.2, 0) is 0 Å². The highest BCUT2D eigenvalue weighted by Crippen LogP contribution is 2.32. The quantitative estimate of drug-likeness (QED) is 0.773. The molecule has 0 N–H and O–H groups in total. The van der Waals surface area contributed by atoms with Gasteiger partial charge in [-0.05, 0) is 52.2 Å². The molecule has 1 aliphatic rings. The highest BCUT2D eigenvalue weighted by molar-refractivity contribution is 5.40. The molecule has 1 saturated carbocycles. The normalized spacial score (nSPS) is 16.0. The average Bonchev–Trinajstić information content (AvgIpc) is 2.92. The van der Waals surface area contributed by atoms with Gasteiger partial charge in [-0.15, -0.1) is 0 Å². The summed E-state index contributed by atoms with van der Waals surface area (Å²) < 4.78 is 11.7. The average molecular weight is 220 g/mol. The molecule has 0 bridgehead atoms. The molecule has 0 aromatic heterocycles. The molecule has 0 unspecified atom stereocenters. The van der Waals surface area contributed by atoms with Gasteiger partial charge in [0.1, 0.15) is 17.1 Å². The molecular formula is C14H20O2. The number of hydrogen-bond acceptors (Lipinski definition) is 2. The lowest BCUT2D eigenvalue weighted by Crippen LogP contribution is -2.22. The van der Waals surface area contributed by atoms with Gasteiger partial charge in [-0.3, -0.25) is 0 Å². The van der Waals surface area contributed by atoms with Gasteiger partial charge in [-0.1, -0.05) is 6.07 Å². The number of benzene rings is 1. The Hall–Kier alpha value is -1.18. The van der Waals surface area contributed by atoms with Crippen molar-refractivity contribution < 1.29 is 9.47 Å². The zero-order valence-electron chi connectivity index (χ0n) is 10.5. The van der Waals surface area contributed by atoms with Crippen LogP contribution in [0.15, 0.2) is 18.2 Å². The van der Waals surface area contributed by atoms with Gasteiger partial charge in [0.15, 0.2) is 0 Å². The van der Waals surface area contributed by atoms with Crippen molar-refractivity contribution in [1.29, 1.82) is 0 Å². The molecule has 0 saturated heterocycles. The minimum Gasteiger partial charge on any atom is -0.490 e. The summed E-state index contributed by atoms with van der Waals surface area (Å²) >= 11 is 0. The topological polar surface area (TPSA) is 18.5 Å². The molecule has 1 aliphatic carbocycles. The van der Waals surface area contributed by atoms with E-state index in [4.69, 9.17) is 9.47 Å². The van der Waals surface area contributed by atoms with Gasteiger partial charge in [0.2, 0.25) is 0 Å². The molecule has 2 heteroatoms. The predicted molar refractivity (Wildman–Crippen MR) is 65.2 cm³/mol. The third-order valence-corrected chi connectivity index (χ3v) is 2.40. The second kappa shape index (κ2) is 4.00. The van der Waals surface area contributed by atoms with Crippen molar-refractivity contribution in [2.45, 2.75) is 52.2 Å². The number of hydrogen-bond donors (Lipinski definition) is 0. The van der Waals surface area contributed by atoms with E-state index in [1.165, 1.54) is 18.4 Å². The Kier molecular flexibility index (Phi) is 2.83. The summed E-state index contributed by atoms with van der Waals surface area (Å²) in [7, 11) is 0. The lowest BCUT2D eigenvalue weighted by atomic mass is 10.1. The van der Waals surface area contributed by atoms with Gasteiger partial charge in [0.25, 0.3) is 0 Å². The van der Waals surface area contributed by atoms with E-state index in [1.807, 2.05) is 32.9 Å². The molecule has 0 heterocycles. The fourth-order valence-corrected chi connectivity index (χ4v) is 1.49. The SMILES string of the molecule is Cc1ccc(OC(C)(C)C)cc1OC1CC1. The number of aryl methyl sites for hydroxylation is 1. The van der Waals surface area contributed by atoms with E-state index >= 15 is 0 Å². The van der Waals surface area contributed by atoms with Crippen LogP contribution in [0.4, 0.5) is 0 Å². The summed E-state index contributed by atoms with van der Waals surface area (Å²) in [4.78, 5) is 0. The van der Waals surface area contributed by atoms with E-state index in [1.54, 1.807) is 0 Å². The van der Waals surface area contributed by atoms with Crippen LogP contribution in [0.2, 0.25) is 0 Å². The molecule has 0 spiro atoms. The monoisotopic (exact) mass is 220 g/mol. The molecule has 16 heavy (non-hydrogen) atoms. The van der Waals surface area contributed by atoms with Crippen molar-refractivity contribution in [3.63, 3.8) is 0 Å². The molecule has 2 nitrogen and oxygen atoms in total. The maximum Gasteiger partial charge on any atom is 0.126 e. The fourth-order valence-electron chi connectivity index (χ4n) is 1.49. The van der Waals surface area contributed by atoms with Crippen LogP contribution in [0.25, 0.3) is 0 Å². The van der Waals surface area contributed by atoms with Crippen LogP contribution < -0.4 is 9.47 Å². The van der Waals surface area contributed by atoms with Crippen LogP contribution in [0.1, 0.15) is 39.2 Å². The van der Waals surface area contributed by atoms with Crippen molar-refractivity contribution in [1.82, 2.24) is 0 Å². The Bertz CT molecular complexity index is 373. The molecule has 2 rings (SSSR count). The lowest BCUT2D eigenvalue weighted by Gasteiger charge is -2.22. The van der Waals surface area contributed by atoms with Crippen LogP contribution >= 0.6 is 0 Å². The molecule has 0 atom stereocenters. The van der Waals surface area contributed by atoms with E-state index in [-0.39, 0.29) is 5.60 Å². The molecular weight excluding hydrogens is 200 g/mol. The first-order valence-electron chi connectivity index (χ1n) is 5.90. The summed E-state index contributed by atoms with van der Waals surface area (Å²) in [5, 5.41) is 0. The fraction of sp³-hybridized carbons (Fsp3) is 0.571. The molecule has 1 fully saturated rings. The van der Waals surface area contributed by atoms with Gasteiger partial charge in [-0.2, -0.15) is 0 Å². The van der Waals surface area contributed by atoms with Crippen LogP contribution in [0, 0.1) is 6.92 Å². The molecule has 0 amide bonds. The van der Waals surface area contributed by atoms with E-state index in [9.17, 15) is 0 Å². The minimum absolute atomic E-state index is 0.161. The van der Waals surface area contributed by atoms with Crippen molar-refractivity contribution in [3.05, 3.63) is 23.8 Å². The first-order chi connectivity index (χ1) is 7.44. The zero-order valence-corrected chi connectivity index (χ0v) is 10.5. The number of ether oxygens (including phenoxy) is 2. The van der Waals surface area contributed by atoms with Gasteiger partial charge in [0, 0.05) is 6.07 Å². The Labute approximate surface area is 97.6 Å². The van der Waals surface area contributed by atoms with Crippen molar-refractivity contribution in [2.75, 3.05) is 0 Å². The highest BCUT2D eigenvalue weighted by Gasteiger charge is 2.24. The maximum atomic E-state index is 5.83. The second-order valence-corrected chi connectivity index (χ2v) is 5.46. The van der Waals surface area contributed by atoms with Crippen molar-refractivity contribution in [3.8, 4) is 11.5 Å². The first kappa shape index (κ1) is 11.3. The maximum absolute atomic E-state index is 5.83. The summed E-state index contributed by atoms with van der Waals surface area (Å²) in [5.41, 5.74) is 1.01. The molecule has 0 radical (unpaired) electrons. The summed E-state index contributed by atoms with van der Waals surface area (Å²) in [5.74, 6) is 1.85. The van der Waals surface area contributed by atoms with E-state index in [0.717, 1.165) is 11.5 Å². The lowest BCUT2D eigenvalue weighted by molar-refractivity contribution is 0.130. The molecule has 0 aliphatic heterocycles. The standard InChI is InChI=1S/C14H20O2/c1-10-5-6-12(16-14(2,3)4)9-13(10)15-11-7-8-11/h5-6,9,11H,7-8H2,1-4H3.